The Kier molecular flexibility index (Phi) is 9.62. The monoisotopic (exact) mass is 535 g/mol. The van der Waals surface area contributed by atoms with Gasteiger partial charge >= 0.3 is 0 Å². The Morgan fingerprint density at radius 2 is 1.81 bits per heavy atom. The lowest BCUT2D eigenvalue weighted by Gasteiger charge is -2.33. The SMILES string of the molecule is CC[C@@H](C(=O)NC1CCCC1)N(Cc1ccccc1)C(=O)CN(c1cc(Cl)ccc1OC)S(C)(=O)=O. The number of rotatable bonds is 11. The third kappa shape index (κ3) is 7.13. The van der Waals surface area contributed by atoms with Gasteiger partial charge in [0.05, 0.1) is 19.1 Å². The number of carbonyl (C=O) groups is 2. The zero-order valence-corrected chi connectivity index (χ0v) is 22.5. The van der Waals surface area contributed by atoms with E-state index in [1.807, 2.05) is 37.3 Å². The Labute approximate surface area is 218 Å². The maximum Gasteiger partial charge on any atom is 0.244 e. The number of methoxy groups -OCH3 is 1. The molecule has 1 atom stereocenters. The summed E-state index contributed by atoms with van der Waals surface area (Å²) in [6.07, 6.45) is 5.39. The lowest BCUT2D eigenvalue weighted by Crippen LogP contribution is -2.53. The smallest absolute Gasteiger partial charge is 0.244 e. The number of sulfonamides is 1. The van der Waals surface area contributed by atoms with Crippen molar-refractivity contribution in [3.8, 4) is 5.75 Å². The van der Waals surface area contributed by atoms with Crippen LogP contribution in [-0.2, 0) is 26.2 Å². The summed E-state index contributed by atoms with van der Waals surface area (Å²) in [7, 11) is -2.48. The first kappa shape index (κ1) is 27.8. The number of nitrogens with one attached hydrogen (secondary N) is 1. The third-order valence-corrected chi connectivity index (χ3v) is 7.73. The molecule has 0 heterocycles. The van der Waals surface area contributed by atoms with Crippen LogP contribution in [0.2, 0.25) is 5.02 Å². The molecule has 0 radical (unpaired) electrons. The number of hydrogen-bond acceptors (Lipinski definition) is 5. The highest BCUT2D eigenvalue weighted by Crippen LogP contribution is 2.33. The van der Waals surface area contributed by atoms with Crippen LogP contribution in [0.3, 0.4) is 0 Å². The van der Waals surface area contributed by atoms with Crippen LogP contribution in [0.5, 0.6) is 5.75 Å². The van der Waals surface area contributed by atoms with Crippen molar-refractivity contribution in [2.24, 2.45) is 0 Å². The molecule has 2 aromatic carbocycles. The summed E-state index contributed by atoms with van der Waals surface area (Å²) < 4.78 is 31.9. The lowest BCUT2D eigenvalue weighted by atomic mass is 10.1. The molecule has 3 rings (SSSR count). The molecule has 0 unspecified atom stereocenters. The first-order valence-electron chi connectivity index (χ1n) is 12.1. The lowest BCUT2D eigenvalue weighted by molar-refractivity contribution is -0.140. The highest BCUT2D eigenvalue weighted by Gasteiger charge is 2.33. The van der Waals surface area contributed by atoms with Gasteiger partial charge in [-0.25, -0.2) is 8.42 Å². The number of carbonyl (C=O) groups excluding carboxylic acids is 2. The van der Waals surface area contributed by atoms with E-state index in [2.05, 4.69) is 5.32 Å². The van der Waals surface area contributed by atoms with Crippen LogP contribution in [0.4, 0.5) is 5.69 Å². The number of nitrogens with zero attached hydrogens (tertiary/aromatic N) is 2. The van der Waals surface area contributed by atoms with Crippen molar-refractivity contribution in [3.63, 3.8) is 0 Å². The molecule has 1 aliphatic carbocycles. The van der Waals surface area contributed by atoms with E-state index in [0.717, 1.165) is 41.8 Å². The van der Waals surface area contributed by atoms with Gasteiger partial charge in [0.2, 0.25) is 21.8 Å². The summed E-state index contributed by atoms with van der Waals surface area (Å²) in [5.74, 6) is -0.460. The summed E-state index contributed by atoms with van der Waals surface area (Å²) in [5.41, 5.74) is 0.994. The number of ether oxygens (including phenoxy) is 1. The molecule has 2 amide bonds. The topological polar surface area (TPSA) is 96.0 Å². The summed E-state index contributed by atoms with van der Waals surface area (Å²) in [5, 5.41) is 3.39. The van der Waals surface area contributed by atoms with Crippen LogP contribution >= 0.6 is 11.6 Å². The van der Waals surface area contributed by atoms with Crippen molar-refractivity contribution in [3.05, 3.63) is 59.1 Å². The first-order valence-corrected chi connectivity index (χ1v) is 14.3. The van der Waals surface area contributed by atoms with E-state index in [9.17, 15) is 18.0 Å². The van der Waals surface area contributed by atoms with E-state index in [1.165, 1.54) is 18.1 Å². The number of amides is 2. The normalized spacial score (nSPS) is 14.8. The molecule has 0 saturated heterocycles. The Bertz CT molecular complexity index is 1150. The zero-order chi connectivity index (χ0) is 26.3. The van der Waals surface area contributed by atoms with Gasteiger partial charge in [0.25, 0.3) is 0 Å². The molecular formula is C26H34ClN3O5S. The maximum atomic E-state index is 13.8. The van der Waals surface area contributed by atoms with E-state index >= 15 is 0 Å². The molecule has 0 bridgehead atoms. The van der Waals surface area contributed by atoms with Crippen molar-refractivity contribution in [1.82, 2.24) is 10.2 Å². The highest BCUT2D eigenvalue weighted by atomic mass is 35.5. The molecule has 2 aromatic rings. The quantitative estimate of drug-likeness (QED) is 0.469. The maximum absolute atomic E-state index is 13.8. The Balaban J connectivity index is 1.95. The third-order valence-electron chi connectivity index (χ3n) is 6.37. The first-order chi connectivity index (χ1) is 17.1. The zero-order valence-electron chi connectivity index (χ0n) is 20.9. The molecule has 1 fully saturated rings. The van der Waals surface area contributed by atoms with Crippen LogP contribution in [0.15, 0.2) is 48.5 Å². The summed E-state index contributed by atoms with van der Waals surface area (Å²) >= 11 is 6.14. The number of halogens is 1. The Hall–Kier alpha value is -2.78. The van der Waals surface area contributed by atoms with Crippen LogP contribution in [0, 0.1) is 0 Å². The van der Waals surface area contributed by atoms with Crippen LogP contribution in [0.25, 0.3) is 0 Å². The minimum Gasteiger partial charge on any atom is -0.495 e. The average Bonchev–Trinajstić information content (AvgIpc) is 3.35. The fourth-order valence-corrected chi connectivity index (χ4v) is 5.53. The number of anilines is 1. The van der Waals surface area contributed by atoms with Crippen molar-refractivity contribution in [2.45, 2.75) is 57.7 Å². The van der Waals surface area contributed by atoms with E-state index in [0.29, 0.717) is 11.4 Å². The van der Waals surface area contributed by atoms with Crippen molar-refractivity contribution >= 4 is 39.1 Å². The van der Waals surface area contributed by atoms with Gasteiger partial charge in [0.15, 0.2) is 0 Å². The fourth-order valence-electron chi connectivity index (χ4n) is 4.52. The summed E-state index contributed by atoms with van der Waals surface area (Å²) in [6.45, 7) is 1.51. The van der Waals surface area contributed by atoms with Crippen LogP contribution in [0.1, 0.15) is 44.6 Å². The average molecular weight is 536 g/mol. The van der Waals surface area contributed by atoms with E-state index in [-0.39, 0.29) is 29.9 Å². The van der Waals surface area contributed by atoms with E-state index in [1.54, 1.807) is 12.1 Å². The number of benzene rings is 2. The second-order valence-corrected chi connectivity index (χ2v) is 11.4. The molecule has 8 nitrogen and oxygen atoms in total. The second-order valence-electron chi connectivity index (χ2n) is 9.01. The van der Waals surface area contributed by atoms with Crippen LogP contribution < -0.4 is 14.4 Å². The number of hydrogen-bond donors (Lipinski definition) is 1. The van der Waals surface area contributed by atoms with Gasteiger partial charge in [0, 0.05) is 17.6 Å². The molecule has 36 heavy (non-hydrogen) atoms. The molecule has 1 N–H and O–H groups in total. The molecule has 0 spiro atoms. The standard InChI is InChI=1S/C26H34ClN3O5S/c1-4-22(26(32)28-21-12-8-9-13-21)29(17-19-10-6-5-7-11-19)25(31)18-30(36(3,33)34)23-16-20(27)14-15-24(23)35-2/h5-7,10-11,14-16,21-22H,4,8-9,12-13,17-18H2,1-3H3,(H,28,32)/t22-/m0/s1. The van der Waals surface area contributed by atoms with Crippen molar-refractivity contribution in [1.29, 1.82) is 0 Å². The van der Waals surface area contributed by atoms with Gasteiger partial charge in [-0.05, 0) is 43.0 Å². The van der Waals surface area contributed by atoms with Crippen LogP contribution in [-0.4, -0.2) is 57.1 Å². The Morgan fingerprint density at radius 1 is 1.14 bits per heavy atom. The molecule has 1 aliphatic rings. The van der Waals surface area contributed by atoms with Gasteiger partial charge in [-0.1, -0.05) is 61.7 Å². The van der Waals surface area contributed by atoms with E-state index in [4.69, 9.17) is 16.3 Å². The summed E-state index contributed by atoms with van der Waals surface area (Å²) in [6, 6.07) is 13.3. The second kappa shape index (κ2) is 12.5. The van der Waals surface area contributed by atoms with E-state index < -0.39 is 28.5 Å². The van der Waals surface area contributed by atoms with Crippen molar-refractivity contribution in [2.75, 3.05) is 24.2 Å². The van der Waals surface area contributed by atoms with Crippen molar-refractivity contribution < 1.29 is 22.7 Å². The fraction of sp³-hybridized carbons (Fsp3) is 0.462. The van der Waals surface area contributed by atoms with Gasteiger partial charge in [-0.2, -0.15) is 0 Å². The summed E-state index contributed by atoms with van der Waals surface area (Å²) in [4.78, 5) is 28.5. The molecular weight excluding hydrogens is 502 g/mol. The predicted octanol–water partition coefficient (Wildman–Crippen LogP) is 3.98. The minimum absolute atomic E-state index is 0.100. The predicted molar refractivity (Wildman–Crippen MR) is 142 cm³/mol. The van der Waals surface area contributed by atoms with Gasteiger partial charge < -0.3 is 15.0 Å². The molecule has 10 heteroatoms. The highest BCUT2D eigenvalue weighted by molar-refractivity contribution is 7.92. The molecule has 0 aromatic heterocycles. The van der Waals surface area contributed by atoms with Gasteiger partial charge in [-0.3, -0.25) is 13.9 Å². The largest absolute Gasteiger partial charge is 0.495 e. The molecule has 1 saturated carbocycles. The van der Waals surface area contributed by atoms with Gasteiger partial charge in [0.1, 0.15) is 18.3 Å². The van der Waals surface area contributed by atoms with Gasteiger partial charge in [-0.15, -0.1) is 0 Å². The minimum atomic E-state index is -3.89. The Morgan fingerprint density at radius 3 is 2.39 bits per heavy atom. The molecule has 0 aliphatic heterocycles. The molecule has 196 valence electrons.